The van der Waals surface area contributed by atoms with Crippen molar-refractivity contribution in [3.63, 3.8) is 0 Å². The van der Waals surface area contributed by atoms with Crippen LogP contribution in [0.2, 0.25) is 5.02 Å². The Morgan fingerprint density at radius 1 is 1.39 bits per heavy atom. The van der Waals surface area contributed by atoms with E-state index in [2.05, 4.69) is 59.1 Å². The van der Waals surface area contributed by atoms with Gasteiger partial charge in [-0.3, -0.25) is 0 Å². The molecule has 0 bridgehead atoms. The van der Waals surface area contributed by atoms with Gasteiger partial charge in [-0.25, -0.2) is 0 Å². The van der Waals surface area contributed by atoms with E-state index in [1.807, 2.05) is 11.4 Å². The third kappa shape index (κ3) is 3.47. The van der Waals surface area contributed by atoms with Crippen LogP contribution in [0, 0.1) is 3.57 Å². The van der Waals surface area contributed by atoms with Gasteiger partial charge in [-0.1, -0.05) is 30.7 Å². The maximum Gasteiger partial charge on any atom is 0.0686 e. The topological polar surface area (TPSA) is 12.0 Å². The maximum atomic E-state index is 6.27. The monoisotopic (exact) mass is 391 g/mol. The molecule has 0 amide bonds. The molecule has 18 heavy (non-hydrogen) atoms. The van der Waals surface area contributed by atoms with Crippen molar-refractivity contribution in [2.75, 3.05) is 6.54 Å². The molecule has 2 aromatic rings. The van der Waals surface area contributed by atoms with Crippen LogP contribution in [0.15, 0.2) is 35.7 Å². The number of hydrogen-bond acceptors (Lipinski definition) is 2. The Balaban J connectivity index is 2.33. The lowest BCUT2D eigenvalue weighted by Gasteiger charge is -2.18. The number of nitrogens with one attached hydrogen (secondary N) is 1. The van der Waals surface area contributed by atoms with Crippen molar-refractivity contribution in [2.24, 2.45) is 0 Å². The van der Waals surface area contributed by atoms with Crippen LogP contribution >= 0.6 is 45.5 Å². The lowest BCUT2D eigenvalue weighted by atomic mass is 10.1. The fourth-order valence-electron chi connectivity index (χ4n) is 1.85. The molecule has 2 rings (SSSR count). The van der Waals surface area contributed by atoms with E-state index in [9.17, 15) is 0 Å². The SMILES string of the molecule is CCCNC(c1cccc(I)c1)c1sccc1Cl. The predicted octanol–water partition coefficient (Wildman–Crippen LogP) is 5.10. The minimum atomic E-state index is 0.201. The van der Waals surface area contributed by atoms with E-state index < -0.39 is 0 Å². The predicted molar refractivity (Wildman–Crippen MR) is 88.6 cm³/mol. The average molecular weight is 392 g/mol. The van der Waals surface area contributed by atoms with Gasteiger partial charge >= 0.3 is 0 Å². The Kier molecular flexibility index (Phi) is 5.48. The quantitative estimate of drug-likeness (QED) is 0.700. The Bertz CT molecular complexity index is 512. The third-order valence-electron chi connectivity index (χ3n) is 2.69. The molecule has 1 unspecified atom stereocenters. The van der Waals surface area contributed by atoms with Gasteiger partial charge in [-0.2, -0.15) is 0 Å². The molecule has 1 nitrogen and oxygen atoms in total. The fourth-order valence-corrected chi connectivity index (χ4v) is 3.68. The molecule has 1 N–H and O–H groups in total. The van der Waals surface area contributed by atoms with Crippen molar-refractivity contribution in [3.05, 3.63) is 54.7 Å². The van der Waals surface area contributed by atoms with Gasteiger partial charge in [0.1, 0.15) is 0 Å². The Labute approximate surface area is 131 Å². The van der Waals surface area contributed by atoms with Gasteiger partial charge in [0.05, 0.1) is 11.1 Å². The molecule has 1 aromatic heterocycles. The molecule has 0 fully saturated rings. The second kappa shape index (κ2) is 6.89. The van der Waals surface area contributed by atoms with E-state index in [1.54, 1.807) is 11.3 Å². The van der Waals surface area contributed by atoms with Crippen molar-refractivity contribution in [1.29, 1.82) is 0 Å². The molecule has 0 spiro atoms. The van der Waals surface area contributed by atoms with E-state index in [0.717, 1.165) is 18.0 Å². The molecular formula is C14H15ClINS. The number of thiophene rings is 1. The Morgan fingerprint density at radius 3 is 2.83 bits per heavy atom. The summed E-state index contributed by atoms with van der Waals surface area (Å²) in [6, 6.07) is 10.7. The van der Waals surface area contributed by atoms with Gasteiger partial charge in [0, 0.05) is 8.45 Å². The van der Waals surface area contributed by atoms with E-state index in [4.69, 9.17) is 11.6 Å². The highest BCUT2D eigenvalue weighted by Gasteiger charge is 2.17. The zero-order chi connectivity index (χ0) is 13.0. The summed E-state index contributed by atoms with van der Waals surface area (Å²) < 4.78 is 1.25. The van der Waals surface area contributed by atoms with Gasteiger partial charge in [0.15, 0.2) is 0 Å². The van der Waals surface area contributed by atoms with Crippen LogP contribution in [0.5, 0.6) is 0 Å². The van der Waals surface area contributed by atoms with Crippen LogP contribution in [0.1, 0.15) is 29.8 Å². The van der Waals surface area contributed by atoms with E-state index >= 15 is 0 Å². The largest absolute Gasteiger partial charge is 0.306 e. The highest BCUT2D eigenvalue weighted by atomic mass is 127. The van der Waals surface area contributed by atoms with E-state index in [0.29, 0.717) is 0 Å². The molecule has 0 saturated heterocycles. The van der Waals surface area contributed by atoms with Crippen molar-refractivity contribution >= 4 is 45.5 Å². The second-order valence-electron chi connectivity index (χ2n) is 4.07. The van der Waals surface area contributed by atoms with Crippen LogP contribution in [-0.2, 0) is 0 Å². The van der Waals surface area contributed by atoms with Crippen molar-refractivity contribution in [2.45, 2.75) is 19.4 Å². The summed E-state index contributed by atoms with van der Waals surface area (Å²) in [5.41, 5.74) is 1.28. The molecular weight excluding hydrogens is 377 g/mol. The highest BCUT2D eigenvalue weighted by Crippen LogP contribution is 2.33. The molecule has 1 atom stereocenters. The molecule has 0 radical (unpaired) electrons. The normalized spacial score (nSPS) is 12.6. The van der Waals surface area contributed by atoms with Crippen LogP contribution in [-0.4, -0.2) is 6.54 Å². The number of benzene rings is 1. The summed E-state index contributed by atoms with van der Waals surface area (Å²) in [6.45, 7) is 3.17. The smallest absolute Gasteiger partial charge is 0.0686 e. The zero-order valence-electron chi connectivity index (χ0n) is 10.1. The zero-order valence-corrected chi connectivity index (χ0v) is 13.8. The summed E-state index contributed by atoms with van der Waals surface area (Å²) in [6.07, 6.45) is 1.11. The van der Waals surface area contributed by atoms with Gasteiger partial charge in [-0.15, -0.1) is 11.3 Å². The summed E-state index contributed by atoms with van der Waals surface area (Å²) in [5, 5.41) is 6.48. The Hall–Kier alpha value is -0.100. The van der Waals surface area contributed by atoms with Gasteiger partial charge in [-0.05, 0) is 64.7 Å². The Morgan fingerprint density at radius 2 is 2.22 bits per heavy atom. The molecule has 4 heteroatoms. The summed E-state index contributed by atoms with van der Waals surface area (Å²) in [4.78, 5) is 1.20. The first-order chi connectivity index (χ1) is 8.72. The summed E-state index contributed by atoms with van der Waals surface area (Å²) >= 11 is 10.3. The minimum Gasteiger partial charge on any atom is -0.306 e. The number of rotatable bonds is 5. The number of hydrogen-bond donors (Lipinski definition) is 1. The average Bonchev–Trinajstić information content (AvgIpc) is 2.77. The molecule has 0 aliphatic carbocycles. The summed E-state index contributed by atoms with van der Waals surface area (Å²) in [5.74, 6) is 0. The van der Waals surface area contributed by atoms with Crippen LogP contribution in [0.4, 0.5) is 0 Å². The third-order valence-corrected chi connectivity index (χ3v) is 4.78. The van der Waals surface area contributed by atoms with Crippen LogP contribution in [0.3, 0.4) is 0 Å². The van der Waals surface area contributed by atoms with Crippen molar-refractivity contribution in [3.8, 4) is 0 Å². The van der Waals surface area contributed by atoms with Crippen molar-refractivity contribution < 1.29 is 0 Å². The fraction of sp³-hybridized carbons (Fsp3) is 0.286. The second-order valence-corrected chi connectivity index (χ2v) is 6.68. The minimum absolute atomic E-state index is 0.201. The van der Waals surface area contributed by atoms with Crippen LogP contribution in [0.25, 0.3) is 0 Å². The first-order valence-electron chi connectivity index (χ1n) is 5.94. The summed E-state index contributed by atoms with van der Waals surface area (Å²) in [7, 11) is 0. The van der Waals surface area contributed by atoms with Gasteiger partial charge in [0.2, 0.25) is 0 Å². The molecule has 0 saturated carbocycles. The lowest BCUT2D eigenvalue weighted by molar-refractivity contribution is 0.606. The molecule has 1 aromatic carbocycles. The van der Waals surface area contributed by atoms with Gasteiger partial charge < -0.3 is 5.32 Å². The molecule has 96 valence electrons. The highest BCUT2D eigenvalue weighted by molar-refractivity contribution is 14.1. The van der Waals surface area contributed by atoms with Gasteiger partial charge in [0.25, 0.3) is 0 Å². The van der Waals surface area contributed by atoms with Crippen LogP contribution < -0.4 is 5.32 Å². The molecule has 0 aliphatic rings. The standard InChI is InChI=1S/C14H15ClINS/c1-2-7-17-13(14-12(15)6-8-18-14)10-4-3-5-11(16)9-10/h3-6,8-9,13,17H,2,7H2,1H3. The van der Waals surface area contributed by atoms with Crippen molar-refractivity contribution in [1.82, 2.24) is 5.32 Å². The maximum absolute atomic E-state index is 6.27. The number of halogens is 2. The molecule has 0 aliphatic heterocycles. The molecule has 1 heterocycles. The first kappa shape index (κ1) is 14.3. The lowest BCUT2D eigenvalue weighted by Crippen LogP contribution is -2.22. The van der Waals surface area contributed by atoms with E-state index in [-0.39, 0.29) is 6.04 Å². The first-order valence-corrected chi connectivity index (χ1v) is 8.27. The van der Waals surface area contributed by atoms with E-state index in [1.165, 1.54) is 14.0 Å².